The molecule has 2 aromatic carbocycles. The third-order valence-electron chi connectivity index (χ3n) is 7.27. The number of hydrogen-bond acceptors (Lipinski definition) is 5. The quantitative estimate of drug-likeness (QED) is 0.276. The van der Waals surface area contributed by atoms with Gasteiger partial charge in [-0.25, -0.2) is 0 Å². The molecule has 1 fully saturated rings. The van der Waals surface area contributed by atoms with Crippen molar-refractivity contribution in [2.24, 2.45) is 4.99 Å². The summed E-state index contributed by atoms with van der Waals surface area (Å²) in [6, 6.07) is 7.32. The Morgan fingerprint density at radius 3 is 2.35 bits per heavy atom. The molecule has 0 saturated carbocycles. The molecule has 0 bridgehead atoms. The first-order valence-corrected chi connectivity index (χ1v) is 13.2. The first-order valence-electron chi connectivity index (χ1n) is 12.4. The summed E-state index contributed by atoms with van der Waals surface area (Å²) in [5, 5.41) is 5.43. The smallest absolute Gasteiger partial charge is 0.348 e. The van der Waals surface area contributed by atoms with Crippen LogP contribution in [0.15, 0.2) is 52.5 Å². The first-order chi connectivity index (χ1) is 18.7. The highest BCUT2D eigenvalue weighted by atomic mass is 32.2. The van der Waals surface area contributed by atoms with E-state index in [0.717, 1.165) is 19.2 Å². The molecule has 0 spiro atoms. The summed E-state index contributed by atoms with van der Waals surface area (Å²) in [4.78, 5) is 21.7. The molecule has 1 saturated heterocycles. The number of likely N-dealkylation sites (N-methyl/N-ethyl adjacent to an activating group) is 1. The van der Waals surface area contributed by atoms with Crippen LogP contribution in [-0.4, -0.2) is 62.9 Å². The van der Waals surface area contributed by atoms with Gasteiger partial charge in [-0.15, -0.1) is 0 Å². The Balaban J connectivity index is 1.36. The third-order valence-corrected chi connectivity index (χ3v) is 8.31. The van der Waals surface area contributed by atoms with Gasteiger partial charge >= 0.3 is 12.4 Å². The molecule has 2 aliphatic heterocycles. The number of alkyl halides is 6. The summed E-state index contributed by atoms with van der Waals surface area (Å²) in [7, 11) is 2.07. The van der Waals surface area contributed by atoms with E-state index >= 15 is 0 Å². The van der Waals surface area contributed by atoms with Gasteiger partial charge in [-0.05, 0) is 74.1 Å². The second-order valence-corrected chi connectivity index (χ2v) is 11.1. The van der Waals surface area contributed by atoms with Gasteiger partial charge in [-0.3, -0.25) is 14.4 Å². The number of carbonyl (C=O) groups excluding carboxylic acids is 1. The Bertz CT molecular complexity index is 1510. The van der Waals surface area contributed by atoms with Crippen LogP contribution >= 0.6 is 11.8 Å². The van der Waals surface area contributed by atoms with Crippen LogP contribution in [0.3, 0.4) is 0 Å². The zero-order valence-electron chi connectivity index (χ0n) is 21.7. The minimum atomic E-state index is -4.97. The van der Waals surface area contributed by atoms with E-state index in [9.17, 15) is 31.1 Å². The zero-order chi connectivity index (χ0) is 29.0. The lowest BCUT2D eigenvalue weighted by Crippen LogP contribution is -2.55. The molecule has 6 nitrogen and oxygen atoms in total. The molecule has 5 rings (SSSR count). The second kappa shape index (κ2) is 10.3. The summed E-state index contributed by atoms with van der Waals surface area (Å²) < 4.78 is 81.1. The molecule has 3 heterocycles. The number of fused-ring (bicyclic) bond motifs is 1. The molecule has 0 radical (unpaired) electrons. The van der Waals surface area contributed by atoms with Gasteiger partial charge in [0.1, 0.15) is 0 Å². The van der Waals surface area contributed by atoms with Crippen LogP contribution in [0.25, 0.3) is 17.0 Å². The van der Waals surface area contributed by atoms with Crippen molar-refractivity contribution in [1.82, 2.24) is 19.6 Å². The molecule has 1 aromatic heterocycles. The highest BCUT2D eigenvalue weighted by molar-refractivity contribution is 8.18. The summed E-state index contributed by atoms with van der Waals surface area (Å²) >= 11 is 1.31. The Hall–Kier alpha value is -3.32. The maximum absolute atomic E-state index is 13.6. The minimum absolute atomic E-state index is 0.126. The topological polar surface area (TPSA) is 53.7 Å². The number of halogens is 6. The molecule has 3 aromatic rings. The number of nitrogens with zero attached hydrogens (tertiary/aromatic N) is 5. The Kier molecular flexibility index (Phi) is 7.24. The summed E-state index contributed by atoms with van der Waals surface area (Å²) in [5.74, 6) is -0.336. The van der Waals surface area contributed by atoms with Gasteiger partial charge in [0.2, 0.25) is 0 Å². The largest absolute Gasteiger partial charge is 0.416 e. The number of amidine groups is 1. The second-order valence-electron chi connectivity index (χ2n) is 10.1. The normalized spacial score (nSPS) is 22.0. The maximum atomic E-state index is 13.6. The van der Waals surface area contributed by atoms with E-state index in [1.54, 1.807) is 24.3 Å². The van der Waals surface area contributed by atoms with Crippen molar-refractivity contribution < 1.29 is 31.1 Å². The molecule has 0 N–H and O–H groups in total. The summed E-state index contributed by atoms with van der Waals surface area (Å²) in [6.45, 7) is 5.39. The number of thioether (sulfide) groups is 1. The molecule has 212 valence electrons. The zero-order valence-corrected chi connectivity index (χ0v) is 22.5. The van der Waals surface area contributed by atoms with E-state index in [4.69, 9.17) is 0 Å². The predicted octanol–water partition coefficient (Wildman–Crippen LogP) is 6.12. The molecule has 13 heteroatoms. The van der Waals surface area contributed by atoms with Gasteiger partial charge in [0, 0.05) is 30.6 Å². The monoisotopic (exact) mass is 581 g/mol. The van der Waals surface area contributed by atoms with Crippen molar-refractivity contribution >= 4 is 39.8 Å². The molecule has 2 atom stereocenters. The molecule has 0 unspecified atom stereocenters. The van der Waals surface area contributed by atoms with Crippen molar-refractivity contribution in [3.63, 3.8) is 0 Å². The van der Waals surface area contributed by atoms with Crippen LogP contribution in [0.5, 0.6) is 0 Å². The average molecular weight is 582 g/mol. The van der Waals surface area contributed by atoms with E-state index in [2.05, 4.69) is 40.8 Å². The molecule has 1 amide bonds. The van der Waals surface area contributed by atoms with Crippen molar-refractivity contribution in [3.05, 3.63) is 69.8 Å². The summed E-state index contributed by atoms with van der Waals surface area (Å²) in [5.41, 5.74) is -1.87. The average Bonchev–Trinajstić information content (AvgIpc) is 3.44. The molecular formula is C27H25F6N5OS. The fourth-order valence-corrected chi connectivity index (χ4v) is 5.81. The van der Waals surface area contributed by atoms with Gasteiger partial charge in [0.25, 0.3) is 5.91 Å². The third kappa shape index (κ3) is 5.62. The van der Waals surface area contributed by atoms with E-state index in [0.29, 0.717) is 44.7 Å². The maximum Gasteiger partial charge on any atom is 0.416 e. The number of amides is 1. The van der Waals surface area contributed by atoms with Crippen LogP contribution in [0.4, 0.5) is 26.3 Å². The van der Waals surface area contributed by atoms with Crippen molar-refractivity contribution in [2.45, 2.75) is 44.8 Å². The van der Waals surface area contributed by atoms with Gasteiger partial charge in [-0.1, -0.05) is 12.1 Å². The van der Waals surface area contributed by atoms with E-state index in [1.807, 2.05) is 0 Å². The Morgan fingerprint density at radius 1 is 1.00 bits per heavy atom. The van der Waals surface area contributed by atoms with E-state index < -0.39 is 23.5 Å². The lowest BCUT2D eigenvalue weighted by atomic mass is 10.0. The molecular weight excluding hydrogens is 556 g/mol. The van der Waals surface area contributed by atoms with Crippen molar-refractivity contribution in [1.29, 1.82) is 0 Å². The first kappa shape index (κ1) is 28.2. The predicted molar refractivity (Wildman–Crippen MR) is 142 cm³/mol. The van der Waals surface area contributed by atoms with Crippen molar-refractivity contribution in [2.75, 3.05) is 20.1 Å². The fourth-order valence-electron chi connectivity index (χ4n) is 4.88. The number of rotatable bonds is 3. The fraction of sp³-hybridized carbons (Fsp3) is 0.370. The van der Waals surface area contributed by atoms with Crippen molar-refractivity contribution in [3.8, 4) is 0 Å². The molecule has 0 aliphatic carbocycles. The van der Waals surface area contributed by atoms with Gasteiger partial charge < -0.3 is 4.90 Å². The lowest BCUT2D eigenvalue weighted by Gasteiger charge is -2.42. The van der Waals surface area contributed by atoms with Crippen LogP contribution < -0.4 is 0 Å². The van der Waals surface area contributed by atoms with Crippen LogP contribution in [0.1, 0.15) is 36.1 Å². The number of hydrogen-bond donors (Lipinski definition) is 0. The lowest BCUT2D eigenvalue weighted by molar-refractivity contribution is -0.143. The number of piperazine rings is 1. The van der Waals surface area contributed by atoms with Gasteiger partial charge in [0.15, 0.2) is 5.17 Å². The summed E-state index contributed by atoms with van der Waals surface area (Å²) in [6.07, 6.45) is -6.69. The van der Waals surface area contributed by atoms with Crippen LogP contribution in [-0.2, 0) is 23.7 Å². The van der Waals surface area contributed by atoms with E-state index in [1.165, 1.54) is 22.6 Å². The number of benzene rings is 2. The standard InChI is InChI=1S/C27H25F6N5OS/c1-15-12-37(13-16(2)36(15)3)25-35-24(39)23(40-25)9-17-4-7-22-19(8-17)11-34-38(22)14-18-5-6-20(26(28,29)30)10-21(18)27(31,32)33/h4-11,15-16H,12-14H2,1-3H3/b23-9-/t15-,16+. The number of aliphatic imine (C=N–C) groups is 1. The molecule has 2 aliphatic rings. The minimum Gasteiger partial charge on any atom is -0.348 e. The SMILES string of the molecule is C[C@@H]1CN(C2=NC(=O)/C(=C/c3ccc4c(cnn4Cc4ccc(C(F)(F)F)cc4C(F)(F)F)c3)S2)C[C@H](C)N1C. The molecule has 40 heavy (non-hydrogen) atoms. The number of aromatic nitrogens is 2. The van der Waals surface area contributed by atoms with Gasteiger partial charge in [-0.2, -0.15) is 36.4 Å². The Labute approximate surface area is 230 Å². The Morgan fingerprint density at radius 2 is 1.70 bits per heavy atom. The van der Waals surface area contributed by atoms with Gasteiger partial charge in [0.05, 0.1) is 34.3 Å². The van der Waals surface area contributed by atoms with Crippen LogP contribution in [0, 0.1) is 0 Å². The van der Waals surface area contributed by atoms with E-state index in [-0.39, 0.29) is 24.1 Å². The number of carbonyl (C=O) groups is 1. The van der Waals surface area contributed by atoms with Crippen LogP contribution in [0.2, 0.25) is 0 Å². The highest BCUT2D eigenvalue weighted by Gasteiger charge is 2.38. The highest BCUT2D eigenvalue weighted by Crippen LogP contribution is 2.38.